The number of carbonyl (C=O) groups is 2. The number of alkyl halides is 7. The maximum atomic E-state index is 12.9. The van der Waals surface area contributed by atoms with E-state index in [0.717, 1.165) is 12.1 Å². The van der Waals surface area contributed by atoms with Gasteiger partial charge in [0.05, 0.1) is 12.7 Å². The highest BCUT2D eigenvalue weighted by Crippen LogP contribution is 2.37. The Hall–Kier alpha value is -2.01. The van der Waals surface area contributed by atoms with E-state index in [0.29, 0.717) is 19.2 Å². The summed E-state index contributed by atoms with van der Waals surface area (Å²) in [5.41, 5.74) is -6.12. The van der Waals surface area contributed by atoms with Gasteiger partial charge in [-0.15, -0.1) is 11.6 Å². The molecular weight excluding hydrogens is 384 g/mol. The number of hydrogen-bond acceptors (Lipinski definition) is 4. The van der Waals surface area contributed by atoms with Crippen molar-refractivity contribution in [1.29, 1.82) is 0 Å². The molecule has 0 radical (unpaired) electrons. The molecule has 0 bridgehead atoms. The van der Waals surface area contributed by atoms with E-state index in [4.69, 9.17) is 11.6 Å². The smallest absolute Gasteiger partial charge is 0.430 e. The number of methoxy groups -OCH3 is 1. The van der Waals surface area contributed by atoms with Crippen LogP contribution in [0.2, 0.25) is 0 Å². The molecule has 0 spiro atoms. The normalized spacial score (nSPS) is 15.9. The van der Waals surface area contributed by atoms with Crippen molar-refractivity contribution in [3.05, 3.63) is 29.8 Å². The van der Waals surface area contributed by atoms with Gasteiger partial charge in [0.2, 0.25) is 5.91 Å². The highest BCUT2D eigenvalue weighted by Gasteiger charge is 2.67. The van der Waals surface area contributed by atoms with Crippen LogP contribution in [-0.4, -0.2) is 41.2 Å². The summed E-state index contributed by atoms with van der Waals surface area (Å²) in [7, 11) is 0.521. The molecule has 0 saturated heterocycles. The first-order valence-corrected chi connectivity index (χ1v) is 6.68. The second-order valence-electron chi connectivity index (χ2n) is 4.69. The van der Waals surface area contributed by atoms with Gasteiger partial charge in [0.25, 0.3) is 5.60 Å². The predicted molar refractivity (Wildman–Crippen MR) is 72.7 cm³/mol. The van der Waals surface area contributed by atoms with Crippen LogP contribution in [-0.2, 0) is 20.5 Å². The van der Waals surface area contributed by atoms with E-state index in [1.165, 1.54) is 0 Å². The van der Waals surface area contributed by atoms with E-state index in [1.54, 1.807) is 5.32 Å². The van der Waals surface area contributed by atoms with Crippen LogP contribution in [0.4, 0.5) is 32.0 Å². The maximum Gasteiger partial charge on any atom is 0.430 e. The number of aliphatic hydroxyl groups is 1. The molecule has 1 aromatic carbocycles. The third-order valence-corrected chi connectivity index (χ3v) is 3.50. The lowest BCUT2D eigenvalue weighted by Crippen LogP contribution is -2.62. The summed E-state index contributed by atoms with van der Waals surface area (Å²) in [5.74, 6) is -4.01. The molecule has 2 atom stereocenters. The zero-order valence-corrected chi connectivity index (χ0v) is 13.0. The van der Waals surface area contributed by atoms with Gasteiger partial charge in [0.15, 0.2) is 5.38 Å². The minimum absolute atomic E-state index is 0.437. The second-order valence-corrected chi connectivity index (χ2v) is 5.12. The number of carbonyl (C=O) groups excluding carboxylic acids is 2. The SMILES string of the molecule is COC(=O)[C@@](O)([C@@H](Cl)C(=O)Nc1cccc(C(F)(F)F)c1)C(F)(F)F. The van der Waals surface area contributed by atoms with Crippen molar-refractivity contribution in [2.75, 3.05) is 12.4 Å². The zero-order chi connectivity index (χ0) is 19.6. The molecule has 0 saturated carbocycles. The minimum atomic E-state index is -5.68. The van der Waals surface area contributed by atoms with Gasteiger partial charge in [0.1, 0.15) is 0 Å². The van der Waals surface area contributed by atoms with Crippen LogP contribution in [0, 0.1) is 0 Å². The molecule has 0 fully saturated rings. The van der Waals surface area contributed by atoms with Gasteiger partial charge in [-0.25, -0.2) is 4.79 Å². The summed E-state index contributed by atoms with van der Waals surface area (Å²) in [6, 6.07) is 2.93. The Morgan fingerprint density at radius 1 is 1.20 bits per heavy atom. The summed E-state index contributed by atoms with van der Waals surface area (Å²) >= 11 is 5.27. The van der Waals surface area contributed by atoms with Crippen molar-refractivity contribution in [2.24, 2.45) is 0 Å². The molecule has 1 aromatic rings. The molecule has 12 heteroatoms. The quantitative estimate of drug-likeness (QED) is 0.468. The Morgan fingerprint density at radius 2 is 1.76 bits per heavy atom. The van der Waals surface area contributed by atoms with E-state index in [1.807, 2.05) is 0 Å². The Labute approximate surface area is 141 Å². The van der Waals surface area contributed by atoms with Gasteiger partial charge >= 0.3 is 18.3 Å². The molecule has 5 nitrogen and oxygen atoms in total. The molecule has 0 aromatic heterocycles. The van der Waals surface area contributed by atoms with Crippen LogP contribution >= 0.6 is 11.6 Å². The van der Waals surface area contributed by atoms with Gasteiger partial charge < -0.3 is 15.2 Å². The maximum absolute atomic E-state index is 12.9. The van der Waals surface area contributed by atoms with Crippen molar-refractivity contribution < 1.29 is 45.8 Å². The first kappa shape index (κ1) is 21.0. The van der Waals surface area contributed by atoms with Gasteiger partial charge in [-0.2, -0.15) is 26.3 Å². The number of nitrogens with one attached hydrogen (secondary N) is 1. The topological polar surface area (TPSA) is 75.6 Å². The third-order valence-electron chi connectivity index (χ3n) is 2.98. The zero-order valence-electron chi connectivity index (χ0n) is 12.2. The Kier molecular flexibility index (Phi) is 5.96. The first-order valence-electron chi connectivity index (χ1n) is 6.25. The summed E-state index contributed by atoms with van der Waals surface area (Å²) in [6.45, 7) is 0. The fraction of sp³-hybridized carbons (Fsp3) is 0.385. The summed E-state index contributed by atoms with van der Waals surface area (Å²) < 4.78 is 80.4. The molecule has 0 aliphatic rings. The highest BCUT2D eigenvalue weighted by molar-refractivity contribution is 6.35. The number of benzene rings is 1. The Bertz CT molecular complexity index is 663. The van der Waals surface area contributed by atoms with Gasteiger partial charge in [-0.1, -0.05) is 6.07 Å². The minimum Gasteiger partial charge on any atom is -0.467 e. The number of rotatable bonds is 4. The highest BCUT2D eigenvalue weighted by atomic mass is 35.5. The van der Waals surface area contributed by atoms with Crippen molar-refractivity contribution in [1.82, 2.24) is 0 Å². The Balaban J connectivity index is 3.12. The molecule has 0 aliphatic carbocycles. The van der Waals surface area contributed by atoms with Crippen LogP contribution in [0.25, 0.3) is 0 Å². The number of amides is 1. The number of halogens is 7. The molecule has 0 unspecified atom stereocenters. The fourth-order valence-electron chi connectivity index (χ4n) is 1.69. The second kappa shape index (κ2) is 7.08. The lowest BCUT2D eigenvalue weighted by molar-refractivity contribution is -0.260. The summed E-state index contributed by atoms with van der Waals surface area (Å²) in [4.78, 5) is 23.1. The van der Waals surface area contributed by atoms with Gasteiger partial charge in [-0.3, -0.25) is 4.79 Å². The van der Waals surface area contributed by atoms with Crippen LogP contribution in [0.3, 0.4) is 0 Å². The standard InChI is InChI=1S/C13H10ClF6NO4/c1-25-10(23)11(24,13(18,19)20)8(14)9(22)21-7-4-2-3-6(5-7)12(15,16)17/h2-5,8,24H,1H3,(H,21,22)/t8-,11-/m0/s1. The van der Waals surface area contributed by atoms with Gasteiger partial charge in [0, 0.05) is 5.69 Å². The predicted octanol–water partition coefficient (Wildman–Crippen LogP) is 2.72. The van der Waals surface area contributed by atoms with E-state index < -0.39 is 46.5 Å². The molecule has 25 heavy (non-hydrogen) atoms. The van der Waals surface area contributed by atoms with Gasteiger partial charge in [-0.05, 0) is 18.2 Å². The fourth-order valence-corrected chi connectivity index (χ4v) is 1.95. The molecule has 0 aliphatic heterocycles. The monoisotopic (exact) mass is 393 g/mol. The molecule has 1 rings (SSSR count). The van der Waals surface area contributed by atoms with Crippen LogP contribution < -0.4 is 5.32 Å². The van der Waals surface area contributed by atoms with Crippen molar-refractivity contribution >= 4 is 29.2 Å². The third kappa shape index (κ3) is 4.34. The van der Waals surface area contributed by atoms with Crippen LogP contribution in [0.15, 0.2) is 24.3 Å². The molecule has 140 valence electrons. The summed E-state index contributed by atoms with van der Waals surface area (Å²) in [6.07, 6.45) is -10.4. The molecule has 2 N–H and O–H groups in total. The largest absolute Gasteiger partial charge is 0.467 e. The first-order chi connectivity index (χ1) is 11.2. The van der Waals surface area contributed by atoms with Crippen molar-refractivity contribution in [3.63, 3.8) is 0 Å². The number of esters is 1. The number of ether oxygens (including phenoxy) is 1. The van der Waals surface area contributed by atoms with E-state index >= 15 is 0 Å². The lowest BCUT2D eigenvalue weighted by Gasteiger charge is -2.30. The van der Waals surface area contributed by atoms with Crippen LogP contribution in [0.5, 0.6) is 0 Å². The van der Waals surface area contributed by atoms with E-state index in [2.05, 4.69) is 4.74 Å². The van der Waals surface area contributed by atoms with Crippen LogP contribution in [0.1, 0.15) is 5.56 Å². The number of hydrogen-bond donors (Lipinski definition) is 2. The van der Waals surface area contributed by atoms with Crippen molar-refractivity contribution in [3.8, 4) is 0 Å². The lowest BCUT2D eigenvalue weighted by atomic mass is 9.97. The average Bonchev–Trinajstić information content (AvgIpc) is 2.50. The Morgan fingerprint density at radius 3 is 2.20 bits per heavy atom. The number of anilines is 1. The van der Waals surface area contributed by atoms with Crippen molar-refractivity contribution in [2.45, 2.75) is 23.3 Å². The molecular formula is C13H10ClF6NO4. The summed E-state index contributed by atoms with van der Waals surface area (Å²) in [5, 5.41) is 8.30. The van der Waals surface area contributed by atoms with E-state index in [-0.39, 0.29) is 0 Å². The molecule has 1 amide bonds. The molecule has 0 heterocycles. The average molecular weight is 394 g/mol. The van der Waals surface area contributed by atoms with E-state index in [9.17, 15) is 41.0 Å².